The van der Waals surface area contributed by atoms with Crippen LogP contribution < -0.4 is 5.32 Å². The third-order valence-corrected chi connectivity index (χ3v) is 2.93. The highest BCUT2D eigenvalue weighted by Gasteiger charge is 2.25. The Morgan fingerprint density at radius 1 is 1.40 bits per heavy atom. The number of amides is 1. The lowest BCUT2D eigenvalue weighted by molar-refractivity contribution is -0.138. The zero-order chi connectivity index (χ0) is 15.3. The summed E-state index contributed by atoms with van der Waals surface area (Å²) < 4.78 is 1.55. The Balaban J connectivity index is 2.68. The van der Waals surface area contributed by atoms with E-state index in [-0.39, 0.29) is 23.8 Å². The van der Waals surface area contributed by atoms with Gasteiger partial charge in [0.25, 0.3) is 0 Å². The number of nitrogens with one attached hydrogen (secondary N) is 1. The Bertz CT molecular complexity index is 449. The minimum absolute atomic E-state index is 0.0532. The summed E-state index contributed by atoms with van der Waals surface area (Å²) in [5.41, 5.74) is -0.0532. The summed E-state index contributed by atoms with van der Waals surface area (Å²) in [5, 5.41) is 15.8. The van der Waals surface area contributed by atoms with E-state index < -0.39 is 12.0 Å². The molecule has 2 N–H and O–H groups in total. The number of aliphatic carboxylic acids is 1. The molecule has 6 heteroatoms. The molecule has 6 nitrogen and oxygen atoms in total. The van der Waals surface area contributed by atoms with Crippen LogP contribution in [0.1, 0.15) is 46.6 Å². The van der Waals surface area contributed by atoms with Crippen LogP contribution in [0.2, 0.25) is 0 Å². The SMILES string of the molecule is CC(C(=O)NC(CC(=O)O)CC(C)(C)C)n1cccn1. The Morgan fingerprint density at radius 2 is 2.05 bits per heavy atom. The van der Waals surface area contributed by atoms with Crippen LogP contribution >= 0.6 is 0 Å². The van der Waals surface area contributed by atoms with Crippen molar-refractivity contribution in [3.8, 4) is 0 Å². The number of nitrogens with zero attached hydrogens (tertiary/aromatic N) is 2. The van der Waals surface area contributed by atoms with E-state index in [1.165, 1.54) is 0 Å². The minimum atomic E-state index is -0.911. The van der Waals surface area contributed by atoms with Gasteiger partial charge in [-0.1, -0.05) is 20.8 Å². The second kappa shape index (κ2) is 6.54. The number of carboxylic acid groups (broad SMARTS) is 1. The fraction of sp³-hybridized carbons (Fsp3) is 0.643. The first kappa shape index (κ1) is 16.2. The molecule has 0 saturated heterocycles. The fourth-order valence-corrected chi connectivity index (χ4v) is 2.08. The summed E-state index contributed by atoms with van der Waals surface area (Å²) in [7, 11) is 0. The lowest BCUT2D eigenvalue weighted by atomic mass is 9.87. The quantitative estimate of drug-likeness (QED) is 0.833. The normalized spacial score (nSPS) is 14.6. The number of carbonyl (C=O) groups excluding carboxylic acids is 1. The maximum Gasteiger partial charge on any atom is 0.305 e. The standard InChI is InChI=1S/C14H23N3O3/c1-10(17-7-5-6-15-17)13(20)16-11(8-12(18)19)9-14(2,3)4/h5-7,10-11H,8-9H2,1-4H3,(H,16,20)(H,18,19). The molecule has 0 bridgehead atoms. The van der Waals surface area contributed by atoms with E-state index >= 15 is 0 Å². The predicted octanol–water partition coefficient (Wildman–Crippen LogP) is 1.84. The molecule has 0 aliphatic carbocycles. The number of aromatic nitrogens is 2. The largest absolute Gasteiger partial charge is 0.481 e. The molecule has 0 aliphatic rings. The van der Waals surface area contributed by atoms with Gasteiger partial charge in [-0.3, -0.25) is 14.3 Å². The van der Waals surface area contributed by atoms with Crippen molar-refractivity contribution in [2.75, 3.05) is 0 Å². The van der Waals surface area contributed by atoms with Gasteiger partial charge in [-0.2, -0.15) is 5.10 Å². The van der Waals surface area contributed by atoms with Crippen LogP contribution in [-0.4, -0.2) is 32.8 Å². The molecule has 112 valence electrons. The van der Waals surface area contributed by atoms with Crippen LogP contribution in [0, 0.1) is 5.41 Å². The summed E-state index contributed by atoms with van der Waals surface area (Å²) in [6.45, 7) is 7.79. The molecule has 2 atom stereocenters. The Morgan fingerprint density at radius 3 is 2.50 bits per heavy atom. The van der Waals surface area contributed by atoms with Gasteiger partial charge in [0.05, 0.1) is 6.42 Å². The Labute approximate surface area is 119 Å². The number of hydrogen-bond acceptors (Lipinski definition) is 3. The van der Waals surface area contributed by atoms with Gasteiger partial charge in [0.1, 0.15) is 6.04 Å². The Kier molecular flexibility index (Phi) is 5.30. The molecule has 20 heavy (non-hydrogen) atoms. The van der Waals surface area contributed by atoms with E-state index in [2.05, 4.69) is 10.4 Å². The fourth-order valence-electron chi connectivity index (χ4n) is 2.08. The van der Waals surface area contributed by atoms with Crippen LogP contribution in [-0.2, 0) is 9.59 Å². The van der Waals surface area contributed by atoms with E-state index in [1.54, 1.807) is 30.1 Å². The highest BCUT2D eigenvalue weighted by molar-refractivity contribution is 5.80. The molecule has 1 aromatic heterocycles. The zero-order valence-electron chi connectivity index (χ0n) is 12.5. The van der Waals surface area contributed by atoms with Gasteiger partial charge in [-0.25, -0.2) is 0 Å². The third kappa shape index (κ3) is 5.42. The van der Waals surface area contributed by atoms with E-state index in [1.807, 2.05) is 20.8 Å². The first-order chi connectivity index (χ1) is 9.19. The number of hydrogen-bond donors (Lipinski definition) is 2. The lowest BCUT2D eigenvalue weighted by Gasteiger charge is -2.27. The van der Waals surface area contributed by atoms with Crippen molar-refractivity contribution >= 4 is 11.9 Å². The molecule has 2 unspecified atom stereocenters. The molecule has 0 aliphatic heterocycles. The van der Waals surface area contributed by atoms with E-state index in [9.17, 15) is 9.59 Å². The second-order valence-corrected chi connectivity index (χ2v) is 6.23. The van der Waals surface area contributed by atoms with Gasteiger partial charge < -0.3 is 10.4 Å². The molecule has 1 heterocycles. The summed E-state index contributed by atoms with van der Waals surface area (Å²) in [6, 6.07) is 0.910. The summed E-state index contributed by atoms with van der Waals surface area (Å²) in [5.74, 6) is -1.13. The highest BCUT2D eigenvalue weighted by atomic mass is 16.4. The molecule has 0 spiro atoms. The van der Waals surface area contributed by atoms with Crippen molar-refractivity contribution in [2.45, 2.75) is 52.6 Å². The first-order valence-electron chi connectivity index (χ1n) is 6.70. The van der Waals surface area contributed by atoms with Crippen molar-refractivity contribution in [2.24, 2.45) is 5.41 Å². The third-order valence-electron chi connectivity index (χ3n) is 2.93. The molecular formula is C14H23N3O3. The second-order valence-electron chi connectivity index (χ2n) is 6.23. The lowest BCUT2D eigenvalue weighted by Crippen LogP contribution is -2.42. The van der Waals surface area contributed by atoms with Gasteiger partial charge in [0, 0.05) is 18.4 Å². The molecule has 1 amide bonds. The van der Waals surface area contributed by atoms with Crippen molar-refractivity contribution < 1.29 is 14.7 Å². The first-order valence-corrected chi connectivity index (χ1v) is 6.70. The topological polar surface area (TPSA) is 84.2 Å². The van der Waals surface area contributed by atoms with Gasteiger partial charge in [0.15, 0.2) is 0 Å². The summed E-state index contributed by atoms with van der Waals surface area (Å²) in [6.07, 6.45) is 3.85. The van der Waals surface area contributed by atoms with Crippen LogP contribution in [0.5, 0.6) is 0 Å². The van der Waals surface area contributed by atoms with E-state index in [4.69, 9.17) is 5.11 Å². The Hall–Kier alpha value is -1.85. The molecule has 1 rings (SSSR count). The van der Waals surface area contributed by atoms with Gasteiger partial charge in [-0.05, 0) is 24.8 Å². The average molecular weight is 281 g/mol. The van der Waals surface area contributed by atoms with Gasteiger partial charge in [-0.15, -0.1) is 0 Å². The van der Waals surface area contributed by atoms with Gasteiger partial charge in [0.2, 0.25) is 5.91 Å². The van der Waals surface area contributed by atoms with Crippen molar-refractivity contribution in [1.29, 1.82) is 0 Å². The van der Waals surface area contributed by atoms with Crippen molar-refractivity contribution in [1.82, 2.24) is 15.1 Å². The smallest absolute Gasteiger partial charge is 0.305 e. The highest BCUT2D eigenvalue weighted by Crippen LogP contribution is 2.22. The minimum Gasteiger partial charge on any atom is -0.481 e. The maximum atomic E-state index is 12.2. The van der Waals surface area contributed by atoms with Crippen LogP contribution in [0.3, 0.4) is 0 Å². The predicted molar refractivity (Wildman–Crippen MR) is 75.2 cm³/mol. The van der Waals surface area contributed by atoms with Crippen LogP contribution in [0.15, 0.2) is 18.5 Å². The van der Waals surface area contributed by atoms with E-state index in [0.29, 0.717) is 6.42 Å². The van der Waals surface area contributed by atoms with E-state index in [0.717, 1.165) is 0 Å². The summed E-state index contributed by atoms with van der Waals surface area (Å²) in [4.78, 5) is 23.1. The molecule has 0 fully saturated rings. The zero-order valence-corrected chi connectivity index (χ0v) is 12.5. The number of carboxylic acids is 1. The molecular weight excluding hydrogens is 258 g/mol. The number of carbonyl (C=O) groups is 2. The maximum absolute atomic E-state index is 12.2. The molecule has 0 saturated carbocycles. The molecule has 1 aromatic rings. The molecule has 0 radical (unpaired) electrons. The monoisotopic (exact) mass is 281 g/mol. The van der Waals surface area contributed by atoms with Crippen LogP contribution in [0.25, 0.3) is 0 Å². The summed E-state index contributed by atoms with van der Waals surface area (Å²) >= 11 is 0. The molecule has 0 aromatic carbocycles. The van der Waals surface area contributed by atoms with Crippen LogP contribution in [0.4, 0.5) is 0 Å². The number of rotatable bonds is 6. The average Bonchev–Trinajstić information content (AvgIpc) is 2.77. The van der Waals surface area contributed by atoms with Crippen molar-refractivity contribution in [3.63, 3.8) is 0 Å². The van der Waals surface area contributed by atoms with Gasteiger partial charge >= 0.3 is 5.97 Å². The van der Waals surface area contributed by atoms with Crippen molar-refractivity contribution in [3.05, 3.63) is 18.5 Å².